The van der Waals surface area contributed by atoms with E-state index in [0.717, 1.165) is 11.1 Å². The van der Waals surface area contributed by atoms with Gasteiger partial charge >= 0.3 is 0 Å². The maximum atomic E-state index is 12.7. The summed E-state index contributed by atoms with van der Waals surface area (Å²) >= 11 is 0. The van der Waals surface area contributed by atoms with Gasteiger partial charge in [-0.05, 0) is 30.5 Å². The Bertz CT molecular complexity index is 982. The largest absolute Gasteiger partial charge is 0.339 e. The van der Waals surface area contributed by atoms with E-state index >= 15 is 0 Å². The first kappa shape index (κ1) is 17.8. The van der Waals surface area contributed by atoms with Crippen molar-refractivity contribution >= 4 is 10.0 Å². The quantitative estimate of drug-likeness (QED) is 0.672. The molecule has 0 unspecified atom stereocenters. The third-order valence-corrected chi connectivity index (χ3v) is 6.62. The van der Waals surface area contributed by atoms with Crippen molar-refractivity contribution in [1.82, 2.24) is 19.4 Å². The van der Waals surface area contributed by atoms with Crippen LogP contribution in [0.4, 0.5) is 0 Å². The highest BCUT2D eigenvalue weighted by molar-refractivity contribution is 7.88. The molecule has 0 atom stereocenters. The molecule has 0 amide bonds. The van der Waals surface area contributed by atoms with Crippen LogP contribution in [0.2, 0.25) is 0 Å². The van der Waals surface area contributed by atoms with Crippen molar-refractivity contribution < 1.29 is 12.9 Å². The first-order valence-electron chi connectivity index (χ1n) is 8.87. The Morgan fingerprint density at radius 1 is 1.04 bits per heavy atom. The molecule has 3 heterocycles. The van der Waals surface area contributed by atoms with E-state index in [4.69, 9.17) is 4.52 Å². The van der Waals surface area contributed by atoms with Crippen molar-refractivity contribution in [2.24, 2.45) is 0 Å². The first-order valence-corrected chi connectivity index (χ1v) is 10.5. The Morgan fingerprint density at radius 3 is 2.44 bits per heavy atom. The second-order valence-corrected chi connectivity index (χ2v) is 8.58. The summed E-state index contributed by atoms with van der Waals surface area (Å²) in [5.74, 6) is 1.22. The highest BCUT2D eigenvalue weighted by Gasteiger charge is 2.31. The monoisotopic (exact) mass is 384 g/mol. The fourth-order valence-corrected chi connectivity index (χ4v) is 4.84. The lowest BCUT2D eigenvalue weighted by atomic mass is 9.98. The van der Waals surface area contributed by atoms with Gasteiger partial charge in [0, 0.05) is 37.0 Å². The molecule has 1 aromatic carbocycles. The van der Waals surface area contributed by atoms with Crippen molar-refractivity contribution in [3.05, 3.63) is 66.3 Å². The van der Waals surface area contributed by atoms with Crippen LogP contribution in [0.5, 0.6) is 0 Å². The molecule has 1 saturated heterocycles. The summed E-state index contributed by atoms with van der Waals surface area (Å²) in [6.45, 7) is 0.930. The van der Waals surface area contributed by atoms with Gasteiger partial charge in [0.15, 0.2) is 0 Å². The summed E-state index contributed by atoms with van der Waals surface area (Å²) in [6.07, 6.45) is 4.71. The number of hydrogen-bond donors (Lipinski definition) is 0. The molecule has 2 aromatic heterocycles. The molecule has 27 heavy (non-hydrogen) atoms. The molecule has 0 spiro atoms. The van der Waals surface area contributed by atoms with Gasteiger partial charge in [0.25, 0.3) is 0 Å². The minimum atomic E-state index is -3.32. The number of hydrogen-bond acceptors (Lipinski definition) is 6. The molecular weight excluding hydrogens is 364 g/mol. The number of rotatable bonds is 5. The lowest BCUT2D eigenvalue weighted by Gasteiger charge is -2.29. The second kappa shape index (κ2) is 7.58. The molecule has 0 saturated carbocycles. The molecule has 3 aromatic rings. The van der Waals surface area contributed by atoms with Gasteiger partial charge in [-0.3, -0.25) is 4.98 Å². The molecule has 0 N–H and O–H groups in total. The van der Waals surface area contributed by atoms with E-state index in [9.17, 15) is 8.42 Å². The zero-order chi connectivity index (χ0) is 18.7. The highest BCUT2D eigenvalue weighted by Crippen LogP contribution is 2.30. The van der Waals surface area contributed by atoms with Crippen molar-refractivity contribution in [3.63, 3.8) is 0 Å². The number of nitrogens with zero attached hydrogens (tertiary/aromatic N) is 4. The van der Waals surface area contributed by atoms with Crippen LogP contribution in [0, 0.1) is 0 Å². The molecule has 7 nitrogen and oxygen atoms in total. The van der Waals surface area contributed by atoms with Crippen LogP contribution in [-0.2, 0) is 15.8 Å². The topological polar surface area (TPSA) is 89.2 Å². The Labute approximate surface area is 158 Å². The molecular formula is C19H20N4O3S. The van der Waals surface area contributed by atoms with Crippen LogP contribution >= 0.6 is 0 Å². The highest BCUT2D eigenvalue weighted by atomic mass is 32.2. The van der Waals surface area contributed by atoms with Gasteiger partial charge in [-0.2, -0.15) is 4.98 Å². The zero-order valence-electron chi connectivity index (χ0n) is 14.7. The number of benzene rings is 1. The fraction of sp³-hybridized carbons (Fsp3) is 0.316. The van der Waals surface area contributed by atoms with Crippen molar-refractivity contribution in [3.8, 4) is 11.4 Å². The van der Waals surface area contributed by atoms with Crippen LogP contribution in [0.1, 0.15) is 30.2 Å². The van der Waals surface area contributed by atoms with Crippen LogP contribution in [0.3, 0.4) is 0 Å². The standard InChI is InChI=1S/C19H20N4O3S/c24-27(25,14-15-4-2-1-3-5-15)23-12-8-17(9-13-23)19-21-18(22-26-19)16-6-10-20-11-7-16/h1-7,10-11,17H,8-9,12-14H2. The van der Waals surface area contributed by atoms with Gasteiger partial charge in [-0.25, -0.2) is 12.7 Å². The number of pyridine rings is 1. The second-order valence-electron chi connectivity index (χ2n) is 6.61. The van der Waals surface area contributed by atoms with Crippen LogP contribution in [-0.4, -0.2) is 40.9 Å². The van der Waals surface area contributed by atoms with Crippen molar-refractivity contribution in [2.75, 3.05) is 13.1 Å². The summed E-state index contributed by atoms with van der Waals surface area (Å²) in [4.78, 5) is 8.47. The smallest absolute Gasteiger partial charge is 0.230 e. The maximum Gasteiger partial charge on any atom is 0.230 e. The van der Waals surface area contributed by atoms with Gasteiger partial charge in [-0.1, -0.05) is 35.5 Å². The number of aromatic nitrogens is 3. The van der Waals surface area contributed by atoms with Crippen LogP contribution in [0.15, 0.2) is 59.4 Å². The summed E-state index contributed by atoms with van der Waals surface area (Å²) in [6, 6.07) is 12.9. The Balaban J connectivity index is 1.40. The number of piperidine rings is 1. The van der Waals surface area contributed by atoms with Gasteiger partial charge in [0.2, 0.25) is 21.7 Å². The molecule has 0 bridgehead atoms. The lowest BCUT2D eigenvalue weighted by Crippen LogP contribution is -2.38. The van der Waals surface area contributed by atoms with Crippen molar-refractivity contribution in [2.45, 2.75) is 24.5 Å². The average molecular weight is 384 g/mol. The SMILES string of the molecule is O=S(=O)(Cc1ccccc1)N1CCC(c2nc(-c3ccncc3)no2)CC1. The predicted molar refractivity (Wildman–Crippen MR) is 100 cm³/mol. The maximum absolute atomic E-state index is 12.7. The molecule has 140 valence electrons. The van der Waals surface area contributed by atoms with Crippen molar-refractivity contribution in [1.29, 1.82) is 0 Å². The Kier molecular flexibility index (Phi) is 5.00. The van der Waals surface area contributed by atoms with Gasteiger partial charge in [0.1, 0.15) is 0 Å². The summed E-state index contributed by atoms with van der Waals surface area (Å²) < 4.78 is 32.3. The van der Waals surface area contributed by atoms with E-state index in [2.05, 4.69) is 15.1 Å². The zero-order valence-corrected chi connectivity index (χ0v) is 15.5. The van der Waals surface area contributed by atoms with Crippen LogP contribution in [0.25, 0.3) is 11.4 Å². The van der Waals surface area contributed by atoms with Gasteiger partial charge in [-0.15, -0.1) is 0 Å². The van der Waals surface area contributed by atoms with E-state index in [1.165, 1.54) is 0 Å². The minimum Gasteiger partial charge on any atom is -0.339 e. The van der Waals surface area contributed by atoms with E-state index in [0.29, 0.717) is 37.6 Å². The third kappa shape index (κ3) is 4.06. The Morgan fingerprint density at radius 2 is 1.74 bits per heavy atom. The molecule has 1 aliphatic rings. The van der Waals surface area contributed by atoms with Gasteiger partial charge in [0.05, 0.1) is 5.75 Å². The summed E-state index contributed by atoms with van der Waals surface area (Å²) in [5, 5.41) is 4.04. The predicted octanol–water partition coefficient (Wildman–Crippen LogP) is 2.84. The fourth-order valence-electron chi connectivity index (χ4n) is 3.28. The molecule has 0 radical (unpaired) electrons. The molecule has 4 rings (SSSR count). The van der Waals surface area contributed by atoms with Gasteiger partial charge < -0.3 is 4.52 Å². The average Bonchev–Trinajstić information content (AvgIpc) is 3.19. The van der Waals surface area contributed by atoms with E-state index < -0.39 is 10.0 Å². The Hall–Kier alpha value is -2.58. The minimum absolute atomic E-state index is 0.0330. The summed E-state index contributed by atoms with van der Waals surface area (Å²) in [5.41, 5.74) is 1.65. The van der Waals surface area contributed by atoms with E-state index in [-0.39, 0.29) is 11.7 Å². The molecule has 1 fully saturated rings. The van der Waals surface area contributed by atoms with Crippen LogP contribution < -0.4 is 0 Å². The first-order chi connectivity index (χ1) is 13.1. The normalized spacial score (nSPS) is 16.4. The van der Waals surface area contributed by atoms with E-state index in [1.54, 1.807) is 16.7 Å². The number of sulfonamides is 1. The lowest BCUT2D eigenvalue weighted by molar-refractivity contribution is 0.270. The third-order valence-electron chi connectivity index (χ3n) is 4.77. The summed E-state index contributed by atoms with van der Waals surface area (Å²) in [7, 11) is -3.32. The molecule has 1 aliphatic heterocycles. The van der Waals surface area contributed by atoms with E-state index in [1.807, 2.05) is 42.5 Å². The molecule has 0 aliphatic carbocycles. The molecule has 8 heteroatoms.